The van der Waals surface area contributed by atoms with Gasteiger partial charge in [0.2, 0.25) is 0 Å². The Labute approximate surface area is 115 Å². The highest BCUT2D eigenvalue weighted by Crippen LogP contribution is 2.21. The first-order valence-corrected chi connectivity index (χ1v) is 6.45. The van der Waals surface area contributed by atoms with Crippen LogP contribution in [0.5, 0.6) is 0 Å². The number of hydrogen-bond acceptors (Lipinski definition) is 3. The van der Waals surface area contributed by atoms with E-state index in [9.17, 15) is 4.79 Å². The van der Waals surface area contributed by atoms with Gasteiger partial charge in [-0.2, -0.15) is 0 Å². The molecule has 0 N–H and O–H groups in total. The third kappa shape index (κ3) is 5.04. The summed E-state index contributed by atoms with van der Waals surface area (Å²) in [5.74, 6) is -0.437. The van der Waals surface area contributed by atoms with Crippen molar-refractivity contribution in [2.45, 2.75) is 27.2 Å². The summed E-state index contributed by atoms with van der Waals surface area (Å²) < 4.78 is 5.85. The van der Waals surface area contributed by atoms with E-state index in [1.54, 1.807) is 6.07 Å². The van der Waals surface area contributed by atoms with Crippen LogP contribution in [0.3, 0.4) is 0 Å². The van der Waals surface area contributed by atoms with Crippen molar-refractivity contribution in [3.63, 3.8) is 0 Å². The third-order valence-electron chi connectivity index (χ3n) is 2.11. The fourth-order valence-corrected chi connectivity index (χ4v) is 1.61. The number of pyridine rings is 1. The number of esters is 1. The fourth-order valence-electron chi connectivity index (χ4n) is 1.09. The molecule has 1 heterocycles. The molecule has 0 aliphatic carbocycles. The highest BCUT2D eigenvalue weighted by molar-refractivity contribution is 9.10. The number of carbonyl (C=O) groups is 1. The molecule has 1 aromatic rings. The van der Waals surface area contributed by atoms with Crippen molar-refractivity contribution in [2.75, 3.05) is 6.61 Å². The van der Waals surface area contributed by atoms with Gasteiger partial charge < -0.3 is 4.74 Å². The Morgan fingerprint density at radius 2 is 2.18 bits per heavy atom. The van der Waals surface area contributed by atoms with Gasteiger partial charge in [-0.15, -0.1) is 0 Å². The predicted molar refractivity (Wildman–Crippen MR) is 71.3 cm³/mol. The minimum Gasteiger partial charge on any atom is -0.462 e. The van der Waals surface area contributed by atoms with E-state index in [-0.39, 0.29) is 16.1 Å². The Bertz CT molecular complexity index is 415. The number of ether oxygens (including phenoxy) is 1. The Kier molecular flexibility index (Phi) is 4.95. The van der Waals surface area contributed by atoms with Crippen LogP contribution in [-0.2, 0) is 4.74 Å². The van der Waals surface area contributed by atoms with E-state index < -0.39 is 5.97 Å². The quantitative estimate of drug-likeness (QED) is 0.622. The number of nitrogens with zero attached hydrogens (tertiary/aromatic N) is 1. The predicted octanol–water partition coefficient (Wildman–Crippen LogP) is 4.09. The van der Waals surface area contributed by atoms with Crippen molar-refractivity contribution in [1.82, 2.24) is 4.98 Å². The van der Waals surface area contributed by atoms with Crippen LogP contribution in [-0.4, -0.2) is 17.6 Å². The molecule has 0 aliphatic heterocycles. The van der Waals surface area contributed by atoms with Gasteiger partial charge >= 0.3 is 5.97 Å². The molecule has 1 aromatic heterocycles. The second-order valence-corrected chi connectivity index (χ2v) is 6.21. The Morgan fingerprint density at radius 1 is 1.53 bits per heavy atom. The summed E-state index contributed by atoms with van der Waals surface area (Å²) in [5, 5.41) is 0.161. The summed E-state index contributed by atoms with van der Waals surface area (Å²) >= 11 is 9.06. The maximum absolute atomic E-state index is 11.7. The van der Waals surface area contributed by atoms with Gasteiger partial charge in [-0.1, -0.05) is 32.4 Å². The summed E-state index contributed by atoms with van der Waals surface area (Å²) in [7, 11) is 0. The first-order valence-electron chi connectivity index (χ1n) is 5.28. The lowest BCUT2D eigenvalue weighted by molar-refractivity contribution is 0.0464. The van der Waals surface area contributed by atoms with Gasteiger partial charge in [-0.25, -0.2) is 9.78 Å². The number of carbonyl (C=O) groups excluding carboxylic acids is 1. The Balaban J connectivity index is 2.61. The summed E-state index contributed by atoms with van der Waals surface area (Å²) in [6, 6.07) is 1.61. The molecule has 5 heteroatoms. The van der Waals surface area contributed by atoms with E-state index in [0.717, 1.165) is 6.42 Å². The molecule has 0 unspecified atom stereocenters. The smallest absolute Gasteiger partial charge is 0.341 e. The highest BCUT2D eigenvalue weighted by atomic mass is 79.9. The second-order valence-electron chi connectivity index (χ2n) is 4.94. The van der Waals surface area contributed by atoms with Gasteiger partial charge in [0.05, 0.1) is 12.2 Å². The van der Waals surface area contributed by atoms with Crippen molar-refractivity contribution in [3.8, 4) is 0 Å². The number of rotatable bonds is 3. The lowest BCUT2D eigenvalue weighted by Crippen LogP contribution is -2.13. The van der Waals surface area contributed by atoms with Gasteiger partial charge in [0, 0.05) is 10.7 Å². The van der Waals surface area contributed by atoms with Crippen LogP contribution in [0.25, 0.3) is 0 Å². The average molecular weight is 321 g/mol. The van der Waals surface area contributed by atoms with Crippen LogP contribution in [0, 0.1) is 5.41 Å². The van der Waals surface area contributed by atoms with Crippen LogP contribution in [0.1, 0.15) is 37.6 Å². The van der Waals surface area contributed by atoms with Crippen LogP contribution < -0.4 is 0 Å². The maximum Gasteiger partial charge on any atom is 0.341 e. The van der Waals surface area contributed by atoms with Crippen LogP contribution in [0.4, 0.5) is 0 Å². The zero-order valence-corrected chi connectivity index (χ0v) is 12.4. The molecule has 0 bridgehead atoms. The zero-order valence-electron chi connectivity index (χ0n) is 10.1. The molecule has 0 amide bonds. The van der Waals surface area contributed by atoms with E-state index in [4.69, 9.17) is 16.3 Å². The second kappa shape index (κ2) is 5.83. The van der Waals surface area contributed by atoms with E-state index in [2.05, 4.69) is 41.7 Å². The van der Waals surface area contributed by atoms with Crippen molar-refractivity contribution in [3.05, 3.63) is 27.5 Å². The first-order chi connectivity index (χ1) is 7.79. The summed E-state index contributed by atoms with van der Waals surface area (Å²) in [6.07, 6.45) is 2.34. The highest BCUT2D eigenvalue weighted by Gasteiger charge is 2.15. The minimum atomic E-state index is -0.437. The molecule has 0 saturated carbocycles. The van der Waals surface area contributed by atoms with Crippen LogP contribution in [0.2, 0.25) is 5.15 Å². The molecule has 94 valence electrons. The van der Waals surface area contributed by atoms with E-state index in [1.807, 2.05) is 0 Å². The molecule has 0 radical (unpaired) electrons. The third-order valence-corrected chi connectivity index (χ3v) is 2.85. The van der Waals surface area contributed by atoms with E-state index in [1.165, 1.54) is 6.20 Å². The van der Waals surface area contributed by atoms with Gasteiger partial charge in [0.1, 0.15) is 5.15 Å². The lowest BCUT2D eigenvalue weighted by atomic mass is 9.93. The molecule has 0 saturated heterocycles. The molecule has 1 rings (SSSR count). The molecular formula is C12H15BrClNO2. The Hall–Kier alpha value is -0.610. The standard InChI is InChI=1S/C12H15BrClNO2/c1-12(2,3)4-5-17-11(16)9-6-8(13)7-15-10(9)14/h6-7H,4-5H2,1-3H3. The van der Waals surface area contributed by atoms with Gasteiger partial charge in [0.15, 0.2) is 0 Å². The van der Waals surface area contributed by atoms with Gasteiger partial charge in [-0.3, -0.25) is 0 Å². The van der Waals surface area contributed by atoms with E-state index >= 15 is 0 Å². The maximum atomic E-state index is 11.7. The number of aromatic nitrogens is 1. The minimum absolute atomic E-state index is 0.138. The van der Waals surface area contributed by atoms with E-state index in [0.29, 0.717) is 11.1 Å². The van der Waals surface area contributed by atoms with Gasteiger partial charge in [0.25, 0.3) is 0 Å². The molecule has 0 spiro atoms. The largest absolute Gasteiger partial charge is 0.462 e. The topological polar surface area (TPSA) is 39.2 Å². The molecular weight excluding hydrogens is 305 g/mol. The zero-order chi connectivity index (χ0) is 13.1. The van der Waals surface area contributed by atoms with Crippen molar-refractivity contribution in [2.24, 2.45) is 5.41 Å². The number of hydrogen-bond donors (Lipinski definition) is 0. The molecule has 0 aliphatic rings. The van der Waals surface area contributed by atoms with Crippen LogP contribution >= 0.6 is 27.5 Å². The Morgan fingerprint density at radius 3 is 2.76 bits per heavy atom. The molecule has 0 atom stereocenters. The molecule has 0 aromatic carbocycles. The molecule has 3 nitrogen and oxygen atoms in total. The van der Waals surface area contributed by atoms with Crippen molar-refractivity contribution >= 4 is 33.5 Å². The van der Waals surface area contributed by atoms with Crippen LogP contribution in [0.15, 0.2) is 16.7 Å². The lowest BCUT2D eigenvalue weighted by Gasteiger charge is -2.17. The number of halogens is 2. The normalized spacial score (nSPS) is 11.4. The van der Waals surface area contributed by atoms with Crippen molar-refractivity contribution < 1.29 is 9.53 Å². The summed E-state index contributed by atoms with van der Waals surface area (Å²) in [4.78, 5) is 15.6. The van der Waals surface area contributed by atoms with Gasteiger partial charge in [-0.05, 0) is 33.8 Å². The summed E-state index contributed by atoms with van der Waals surface area (Å²) in [5.41, 5.74) is 0.425. The molecule has 17 heavy (non-hydrogen) atoms. The SMILES string of the molecule is CC(C)(C)CCOC(=O)c1cc(Br)cnc1Cl. The molecule has 0 fully saturated rings. The summed E-state index contributed by atoms with van der Waals surface area (Å²) in [6.45, 7) is 6.66. The monoisotopic (exact) mass is 319 g/mol. The average Bonchev–Trinajstić information content (AvgIpc) is 2.19. The van der Waals surface area contributed by atoms with Crippen molar-refractivity contribution in [1.29, 1.82) is 0 Å². The first kappa shape index (κ1) is 14.5. The fraction of sp³-hybridized carbons (Fsp3) is 0.500.